The van der Waals surface area contributed by atoms with Crippen molar-refractivity contribution in [3.8, 4) is 0 Å². The molecule has 0 saturated heterocycles. The van der Waals surface area contributed by atoms with E-state index in [-0.39, 0.29) is 29.5 Å². The molecular weight excluding hydrogens is 320 g/mol. The molecule has 2 nitrogen and oxygen atoms in total. The molecule has 0 atom stereocenters. The van der Waals surface area contributed by atoms with Gasteiger partial charge in [-0.1, -0.05) is 8.64 Å². The summed E-state index contributed by atoms with van der Waals surface area (Å²) in [6.07, 6.45) is 0. The van der Waals surface area contributed by atoms with Gasteiger partial charge >= 0.3 is 17.1 Å². The minimum Gasteiger partial charge on any atom is -1.00 e. The van der Waals surface area contributed by atoms with E-state index in [1.807, 2.05) is 28.2 Å². The topological polar surface area (TPSA) is 6.48 Å². The van der Waals surface area contributed by atoms with Crippen molar-refractivity contribution in [2.45, 2.75) is 0 Å². The molecule has 0 amide bonds. The number of hydrogen-bond donors (Lipinski definition) is 0. The predicted molar refractivity (Wildman–Crippen MR) is 67.3 cm³/mol. The number of thiocarbonyl (C=S) groups is 2. The van der Waals surface area contributed by atoms with Gasteiger partial charge in [-0.2, -0.15) is 0 Å². The summed E-state index contributed by atoms with van der Waals surface area (Å²) in [6, 6.07) is 0. The Morgan fingerprint density at radius 3 is 0.929 bits per heavy atom. The van der Waals surface area contributed by atoms with Crippen molar-refractivity contribution in [2.75, 3.05) is 28.2 Å². The van der Waals surface area contributed by atoms with Crippen LogP contribution in [0.1, 0.15) is 0 Å². The Morgan fingerprint density at radius 2 is 0.929 bits per heavy atom. The van der Waals surface area contributed by atoms with Crippen molar-refractivity contribution in [2.24, 2.45) is 0 Å². The molecule has 0 fully saturated rings. The molecule has 0 N–H and O–H groups in total. The van der Waals surface area contributed by atoms with Crippen molar-refractivity contribution in [1.82, 2.24) is 9.80 Å². The monoisotopic (exact) mass is 331 g/mol. The van der Waals surface area contributed by atoms with Crippen molar-refractivity contribution in [3.05, 3.63) is 0 Å². The van der Waals surface area contributed by atoms with Crippen LogP contribution < -0.4 is 12.4 Å². The molecule has 0 bridgehead atoms. The largest absolute Gasteiger partial charge is 3.00 e. The van der Waals surface area contributed by atoms with Gasteiger partial charge in [0.2, 0.25) is 0 Å². The normalized spacial score (nSPS) is 6.57. The van der Waals surface area contributed by atoms with Crippen LogP contribution in [0.15, 0.2) is 0 Å². The number of rotatable bonds is 0. The van der Waals surface area contributed by atoms with Crippen LogP contribution in [0, 0.1) is 0 Å². The molecule has 0 saturated carbocycles. The van der Waals surface area contributed by atoms with E-state index in [1.54, 1.807) is 9.80 Å². The molecule has 0 aliphatic rings. The van der Waals surface area contributed by atoms with Gasteiger partial charge in [0, 0.05) is 28.2 Å². The fourth-order valence-electron chi connectivity index (χ4n) is 0. The van der Waals surface area contributed by atoms with E-state index in [4.69, 9.17) is 0 Å². The molecule has 85 valence electrons. The summed E-state index contributed by atoms with van der Waals surface area (Å²) >= 11 is 18.2. The van der Waals surface area contributed by atoms with Crippen LogP contribution in [0.25, 0.3) is 0 Å². The maximum absolute atomic E-state index is 4.56. The van der Waals surface area contributed by atoms with E-state index in [2.05, 4.69) is 49.7 Å². The zero-order valence-electron chi connectivity index (χ0n) is 8.26. The number of hydrogen-bond acceptors (Lipinski definition) is 4. The van der Waals surface area contributed by atoms with Crippen LogP contribution in [-0.4, -0.2) is 46.6 Å². The maximum atomic E-state index is 4.56. The van der Waals surface area contributed by atoms with Gasteiger partial charge in [-0.15, -0.1) is 0 Å². The first kappa shape index (κ1) is 24.3. The average molecular weight is 332 g/mol. The van der Waals surface area contributed by atoms with Crippen LogP contribution in [-0.2, 0) is 42.3 Å². The molecule has 0 aromatic carbocycles. The minimum absolute atomic E-state index is 0. The fourth-order valence-corrected chi connectivity index (χ4v) is 0. The number of halogens is 1. The van der Waals surface area contributed by atoms with Gasteiger partial charge in [-0.05, 0) is 0 Å². The second-order valence-electron chi connectivity index (χ2n) is 2.32. The molecule has 14 heavy (non-hydrogen) atoms. The standard InChI is InChI=1S/2C3H7NS2.ClH.Fe/c2*1-4(2)3(5)6;;/h2*1-2H3,(H,5,6);1H;/q;;;+3/p-3. The second kappa shape index (κ2) is 14.0. The third-order valence-corrected chi connectivity index (χ3v) is 2.19. The second-order valence-corrected chi connectivity index (χ2v) is 4.38. The SMILES string of the molecule is CN(C)C(=S)[S-].CN(C)C(=S)[S-].[Cl-].[Fe+3]. The molecule has 0 unspecified atom stereocenters. The summed E-state index contributed by atoms with van der Waals surface area (Å²) in [5, 5.41) is 0. The summed E-state index contributed by atoms with van der Waals surface area (Å²) in [5.74, 6) is 0. The zero-order chi connectivity index (χ0) is 10.3. The van der Waals surface area contributed by atoms with Gasteiger partial charge in [-0.3, -0.25) is 0 Å². The quantitative estimate of drug-likeness (QED) is 0.279. The van der Waals surface area contributed by atoms with Crippen molar-refractivity contribution in [1.29, 1.82) is 0 Å². The van der Waals surface area contributed by atoms with Gasteiger partial charge in [-0.25, -0.2) is 0 Å². The summed E-state index contributed by atoms with van der Waals surface area (Å²) in [5.41, 5.74) is 0. The van der Waals surface area contributed by atoms with Crippen LogP contribution >= 0.6 is 24.4 Å². The van der Waals surface area contributed by atoms with Crippen LogP contribution in [0.5, 0.6) is 0 Å². The molecule has 0 aliphatic heterocycles. The van der Waals surface area contributed by atoms with Crippen molar-refractivity contribution in [3.63, 3.8) is 0 Å². The first-order valence-electron chi connectivity index (χ1n) is 3.05. The van der Waals surface area contributed by atoms with E-state index in [0.717, 1.165) is 0 Å². The van der Waals surface area contributed by atoms with Gasteiger partial charge in [0.05, 0.1) is 0 Å². The van der Waals surface area contributed by atoms with E-state index in [9.17, 15) is 0 Å². The molecule has 0 spiro atoms. The van der Waals surface area contributed by atoms with E-state index >= 15 is 0 Å². The van der Waals surface area contributed by atoms with Gasteiger partial charge in [0.25, 0.3) is 0 Å². The summed E-state index contributed by atoms with van der Waals surface area (Å²) in [6.45, 7) is 0. The van der Waals surface area contributed by atoms with Crippen molar-refractivity contribution >= 4 is 58.3 Å². The Hall–Kier alpha value is 1.03. The molecule has 0 aromatic heterocycles. The molecule has 8 heteroatoms. The van der Waals surface area contributed by atoms with Crippen molar-refractivity contribution < 1.29 is 29.5 Å². The summed E-state index contributed by atoms with van der Waals surface area (Å²) in [4.78, 5) is 3.43. The predicted octanol–water partition coefficient (Wildman–Crippen LogP) is -2.24. The smallest absolute Gasteiger partial charge is 1.00 e. The van der Waals surface area contributed by atoms with Gasteiger partial charge in [0.1, 0.15) is 0 Å². The summed E-state index contributed by atoms with van der Waals surface area (Å²) in [7, 11) is 7.31. The molecular formula is C6H12ClFeN2S4. The Morgan fingerprint density at radius 1 is 0.857 bits per heavy atom. The third-order valence-electron chi connectivity index (χ3n) is 0.730. The molecule has 0 rings (SSSR count). The molecule has 1 radical (unpaired) electrons. The Balaban J connectivity index is -0.0000000625. The van der Waals surface area contributed by atoms with Crippen LogP contribution in [0.2, 0.25) is 0 Å². The third kappa shape index (κ3) is 23.1. The Bertz CT molecular complexity index is 148. The molecule has 0 aliphatic carbocycles. The average Bonchev–Trinajstić information content (AvgIpc) is 1.88. The fraction of sp³-hybridized carbons (Fsp3) is 0.667. The maximum Gasteiger partial charge on any atom is 3.00 e. The zero-order valence-corrected chi connectivity index (χ0v) is 13.4. The van der Waals surface area contributed by atoms with Crippen LogP contribution in [0.3, 0.4) is 0 Å². The Kier molecular flexibility index (Phi) is 24.4. The minimum atomic E-state index is 0. The Labute approximate surface area is 125 Å². The first-order valence-corrected chi connectivity index (χ1v) is 4.69. The molecule has 0 aromatic rings. The van der Waals surface area contributed by atoms with E-state index in [0.29, 0.717) is 8.64 Å². The molecule has 0 heterocycles. The summed E-state index contributed by atoms with van der Waals surface area (Å²) < 4.78 is 1.02. The van der Waals surface area contributed by atoms with Crippen LogP contribution in [0.4, 0.5) is 0 Å². The van der Waals surface area contributed by atoms with Gasteiger partial charge in [0.15, 0.2) is 0 Å². The number of nitrogens with zero attached hydrogens (tertiary/aromatic N) is 2. The van der Waals surface area contributed by atoms with E-state index < -0.39 is 0 Å². The first-order chi connectivity index (χ1) is 5.29. The van der Waals surface area contributed by atoms with E-state index in [1.165, 1.54) is 0 Å². The van der Waals surface area contributed by atoms with Gasteiger partial charge < -0.3 is 71.9 Å².